The molecular formula is C21H20N2O2S. The van der Waals surface area contributed by atoms with E-state index in [1.807, 2.05) is 68.4 Å². The lowest BCUT2D eigenvalue weighted by Gasteiger charge is -2.10. The number of aryl methyl sites for hydroxylation is 2. The van der Waals surface area contributed by atoms with Crippen LogP contribution >= 0.6 is 0 Å². The highest BCUT2D eigenvalue weighted by molar-refractivity contribution is 7.89. The molecule has 0 saturated heterocycles. The lowest BCUT2D eigenvalue weighted by Crippen LogP contribution is -2.21. The quantitative estimate of drug-likeness (QED) is 0.549. The number of hydrazone groups is 1. The molecule has 0 aliphatic heterocycles. The molecule has 0 aliphatic carbocycles. The van der Waals surface area contributed by atoms with Crippen molar-refractivity contribution in [2.45, 2.75) is 18.7 Å². The first kappa shape index (κ1) is 17.9. The maximum atomic E-state index is 12.5. The van der Waals surface area contributed by atoms with Crippen LogP contribution in [0.3, 0.4) is 0 Å². The third kappa shape index (κ3) is 4.18. The molecule has 0 saturated carbocycles. The Morgan fingerprint density at radius 3 is 1.81 bits per heavy atom. The summed E-state index contributed by atoms with van der Waals surface area (Å²) in [7, 11) is -3.73. The number of rotatable bonds is 5. The summed E-state index contributed by atoms with van der Waals surface area (Å²) in [5.74, 6) is 0. The van der Waals surface area contributed by atoms with Gasteiger partial charge in [-0.05, 0) is 26.0 Å². The van der Waals surface area contributed by atoms with Gasteiger partial charge in [-0.25, -0.2) is 0 Å². The fraction of sp³-hybridized carbons (Fsp3) is 0.0952. The van der Waals surface area contributed by atoms with Crippen LogP contribution in [0.25, 0.3) is 0 Å². The van der Waals surface area contributed by atoms with E-state index in [0.29, 0.717) is 5.71 Å². The van der Waals surface area contributed by atoms with Crippen molar-refractivity contribution < 1.29 is 8.42 Å². The monoisotopic (exact) mass is 364 g/mol. The van der Waals surface area contributed by atoms with Crippen molar-refractivity contribution in [3.63, 3.8) is 0 Å². The van der Waals surface area contributed by atoms with Gasteiger partial charge in [-0.1, -0.05) is 77.9 Å². The second-order valence-electron chi connectivity index (χ2n) is 6.10. The highest BCUT2D eigenvalue weighted by Gasteiger charge is 2.14. The summed E-state index contributed by atoms with van der Waals surface area (Å²) in [5.41, 5.74) is 4.37. The summed E-state index contributed by atoms with van der Waals surface area (Å²) in [5, 5.41) is 4.24. The summed E-state index contributed by atoms with van der Waals surface area (Å²) in [6, 6.07) is 24.0. The van der Waals surface area contributed by atoms with Gasteiger partial charge in [-0.2, -0.15) is 18.4 Å². The minimum Gasteiger partial charge on any atom is -0.200 e. The standard InChI is InChI=1S/C21H20N2O2S/c1-16-8-12-19(13-9-16)21(18-6-4-3-5-7-18)22-23-26(24,25)20-14-10-17(2)11-15-20/h3-15,23H,1-2H3/b22-21-. The van der Waals surface area contributed by atoms with Gasteiger partial charge >= 0.3 is 0 Å². The lowest BCUT2D eigenvalue weighted by molar-refractivity contribution is 0.584. The van der Waals surface area contributed by atoms with E-state index in [2.05, 4.69) is 9.93 Å². The van der Waals surface area contributed by atoms with Crippen LogP contribution in [-0.4, -0.2) is 14.1 Å². The molecule has 0 heterocycles. The molecule has 0 aliphatic rings. The van der Waals surface area contributed by atoms with Gasteiger partial charge in [0.15, 0.2) is 0 Å². The molecule has 3 aromatic rings. The van der Waals surface area contributed by atoms with Gasteiger partial charge in [0.1, 0.15) is 0 Å². The molecule has 0 atom stereocenters. The van der Waals surface area contributed by atoms with Crippen molar-refractivity contribution in [3.8, 4) is 0 Å². The smallest absolute Gasteiger partial charge is 0.200 e. The number of hydrogen-bond donors (Lipinski definition) is 1. The van der Waals surface area contributed by atoms with E-state index >= 15 is 0 Å². The fourth-order valence-corrected chi connectivity index (χ4v) is 3.29. The molecular weight excluding hydrogens is 344 g/mol. The fourth-order valence-electron chi connectivity index (χ4n) is 2.48. The zero-order valence-electron chi connectivity index (χ0n) is 14.7. The average Bonchev–Trinajstić information content (AvgIpc) is 2.64. The Balaban J connectivity index is 1.99. The maximum Gasteiger partial charge on any atom is 0.276 e. The molecule has 0 unspecified atom stereocenters. The summed E-state index contributed by atoms with van der Waals surface area (Å²) < 4.78 is 25.1. The number of hydrogen-bond acceptors (Lipinski definition) is 3. The van der Waals surface area contributed by atoms with E-state index in [1.54, 1.807) is 24.3 Å². The van der Waals surface area contributed by atoms with E-state index in [9.17, 15) is 8.42 Å². The Hall–Kier alpha value is -2.92. The highest BCUT2D eigenvalue weighted by atomic mass is 32.2. The molecule has 0 amide bonds. The number of nitrogens with one attached hydrogen (secondary N) is 1. The van der Waals surface area contributed by atoms with Crippen LogP contribution in [0, 0.1) is 13.8 Å². The van der Waals surface area contributed by atoms with Crippen LogP contribution in [0.5, 0.6) is 0 Å². The van der Waals surface area contributed by atoms with Crippen LogP contribution < -0.4 is 4.83 Å². The Bertz CT molecular complexity index is 1010. The molecule has 132 valence electrons. The predicted octanol–water partition coefficient (Wildman–Crippen LogP) is 4.03. The molecule has 0 fully saturated rings. The number of sulfonamides is 1. The first-order valence-electron chi connectivity index (χ1n) is 8.24. The molecule has 4 nitrogen and oxygen atoms in total. The summed E-state index contributed by atoms with van der Waals surface area (Å²) in [4.78, 5) is 2.55. The number of benzene rings is 3. The van der Waals surface area contributed by atoms with E-state index in [1.165, 1.54) is 0 Å². The van der Waals surface area contributed by atoms with Gasteiger partial charge in [0.2, 0.25) is 0 Å². The first-order valence-corrected chi connectivity index (χ1v) is 9.73. The Morgan fingerprint density at radius 2 is 1.23 bits per heavy atom. The van der Waals surface area contributed by atoms with Crippen LogP contribution in [0.1, 0.15) is 22.3 Å². The normalized spacial score (nSPS) is 12.0. The maximum absolute atomic E-state index is 12.5. The van der Waals surface area contributed by atoms with Crippen LogP contribution in [0.15, 0.2) is 88.9 Å². The number of nitrogens with zero attached hydrogens (tertiary/aromatic N) is 1. The second-order valence-corrected chi connectivity index (χ2v) is 7.76. The molecule has 3 rings (SSSR count). The van der Waals surface area contributed by atoms with Crippen LogP contribution in [-0.2, 0) is 10.0 Å². The van der Waals surface area contributed by atoms with Crippen molar-refractivity contribution in [1.29, 1.82) is 0 Å². The van der Waals surface area contributed by atoms with E-state index in [4.69, 9.17) is 0 Å². The zero-order chi connectivity index (χ0) is 18.6. The Kier molecular flexibility index (Phi) is 5.19. The molecule has 3 aromatic carbocycles. The van der Waals surface area contributed by atoms with Crippen LogP contribution in [0.4, 0.5) is 0 Å². The predicted molar refractivity (Wildman–Crippen MR) is 105 cm³/mol. The molecule has 5 heteroatoms. The van der Waals surface area contributed by atoms with Gasteiger partial charge in [0, 0.05) is 11.1 Å². The van der Waals surface area contributed by atoms with Crippen molar-refractivity contribution in [2.24, 2.45) is 5.10 Å². The van der Waals surface area contributed by atoms with Crippen molar-refractivity contribution in [2.75, 3.05) is 0 Å². The molecule has 0 bridgehead atoms. The molecule has 26 heavy (non-hydrogen) atoms. The topological polar surface area (TPSA) is 58.5 Å². The summed E-state index contributed by atoms with van der Waals surface area (Å²) >= 11 is 0. The van der Waals surface area contributed by atoms with Gasteiger partial charge in [-0.3, -0.25) is 0 Å². The second kappa shape index (κ2) is 7.54. The minimum atomic E-state index is -3.73. The average molecular weight is 364 g/mol. The van der Waals surface area contributed by atoms with E-state index in [-0.39, 0.29) is 4.90 Å². The van der Waals surface area contributed by atoms with Crippen LogP contribution in [0.2, 0.25) is 0 Å². The van der Waals surface area contributed by atoms with E-state index in [0.717, 1.165) is 22.3 Å². The van der Waals surface area contributed by atoms with E-state index < -0.39 is 10.0 Å². The molecule has 1 N–H and O–H groups in total. The largest absolute Gasteiger partial charge is 0.276 e. The Labute approximate surface area is 154 Å². The van der Waals surface area contributed by atoms with Crippen molar-refractivity contribution >= 4 is 15.7 Å². The Morgan fingerprint density at radius 1 is 0.731 bits per heavy atom. The minimum absolute atomic E-state index is 0.183. The molecule has 0 spiro atoms. The lowest BCUT2D eigenvalue weighted by atomic mass is 10.0. The summed E-state index contributed by atoms with van der Waals surface area (Å²) in [6.45, 7) is 3.91. The third-order valence-corrected chi connectivity index (χ3v) is 5.21. The zero-order valence-corrected chi connectivity index (χ0v) is 15.5. The van der Waals surface area contributed by atoms with Gasteiger partial charge in [-0.15, -0.1) is 0 Å². The molecule has 0 radical (unpaired) electrons. The van der Waals surface area contributed by atoms with Gasteiger partial charge in [0.05, 0.1) is 10.6 Å². The SMILES string of the molecule is Cc1ccc(/C(=N\NS(=O)(=O)c2ccc(C)cc2)c2ccccc2)cc1. The first-order chi connectivity index (χ1) is 12.5. The highest BCUT2D eigenvalue weighted by Crippen LogP contribution is 2.14. The third-order valence-electron chi connectivity index (χ3n) is 3.98. The van der Waals surface area contributed by atoms with Gasteiger partial charge in [0.25, 0.3) is 10.0 Å². The summed E-state index contributed by atoms with van der Waals surface area (Å²) in [6.07, 6.45) is 0. The van der Waals surface area contributed by atoms with Crippen molar-refractivity contribution in [1.82, 2.24) is 4.83 Å². The van der Waals surface area contributed by atoms with Crippen molar-refractivity contribution in [3.05, 3.63) is 101 Å². The van der Waals surface area contributed by atoms with Gasteiger partial charge < -0.3 is 0 Å². The molecule has 0 aromatic heterocycles.